The molecule has 1 aliphatic heterocycles. The van der Waals surface area contributed by atoms with Crippen molar-refractivity contribution in [1.82, 2.24) is 10.2 Å². The van der Waals surface area contributed by atoms with Crippen LogP contribution in [0.25, 0.3) is 11.0 Å². The van der Waals surface area contributed by atoms with E-state index in [1.807, 2.05) is 13.0 Å². The quantitative estimate of drug-likeness (QED) is 0.874. The van der Waals surface area contributed by atoms with Crippen LogP contribution in [0, 0.1) is 12.7 Å². The first-order valence-electron chi connectivity index (χ1n) is 7.95. The number of rotatable bonds is 4. The molecule has 0 spiro atoms. The van der Waals surface area contributed by atoms with Gasteiger partial charge in [-0.05, 0) is 37.1 Å². The fourth-order valence-electron chi connectivity index (χ4n) is 2.89. The van der Waals surface area contributed by atoms with E-state index < -0.39 is 0 Å². The summed E-state index contributed by atoms with van der Waals surface area (Å²) in [6, 6.07) is 4.29. The van der Waals surface area contributed by atoms with Crippen molar-refractivity contribution in [1.29, 1.82) is 0 Å². The lowest BCUT2D eigenvalue weighted by Crippen LogP contribution is -2.42. The van der Waals surface area contributed by atoms with Gasteiger partial charge in [0.2, 0.25) is 0 Å². The lowest BCUT2D eigenvalue weighted by Gasteiger charge is -2.26. The van der Waals surface area contributed by atoms with Crippen LogP contribution in [0.1, 0.15) is 17.7 Å². The Hall–Kier alpha value is -2.34. The van der Waals surface area contributed by atoms with Gasteiger partial charge in [-0.2, -0.15) is 0 Å². The zero-order valence-electron chi connectivity index (χ0n) is 13.9. The number of carbonyl (C=O) groups excluding carboxylic acids is 1. The standard InChI is InChI=1S/C18H21FN2O3/c1-12-15-9-14(19)3-4-16(15)24-17(12)10-20-18(22)21-7-5-13(6-8-21)11-23-2/h3-5,9H,6-8,10-11H2,1-2H3,(H,20,22). The number of hydrogen-bond acceptors (Lipinski definition) is 3. The number of urea groups is 1. The van der Waals surface area contributed by atoms with Gasteiger partial charge >= 0.3 is 6.03 Å². The summed E-state index contributed by atoms with van der Waals surface area (Å²) >= 11 is 0. The molecule has 0 bridgehead atoms. The molecule has 24 heavy (non-hydrogen) atoms. The molecular formula is C18H21FN2O3. The molecule has 5 nitrogen and oxygen atoms in total. The zero-order chi connectivity index (χ0) is 17.1. The second kappa shape index (κ2) is 7.05. The molecule has 2 amide bonds. The van der Waals surface area contributed by atoms with Crippen molar-refractivity contribution in [2.75, 3.05) is 26.8 Å². The number of nitrogens with zero attached hydrogens (tertiary/aromatic N) is 1. The molecule has 0 fully saturated rings. The number of ether oxygens (including phenoxy) is 1. The number of carbonyl (C=O) groups is 1. The molecule has 0 atom stereocenters. The monoisotopic (exact) mass is 332 g/mol. The third kappa shape index (κ3) is 3.43. The molecule has 128 valence electrons. The van der Waals surface area contributed by atoms with Crippen molar-refractivity contribution in [2.45, 2.75) is 19.9 Å². The van der Waals surface area contributed by atoms with Gasteiger partial charge < -0.3 is 19.4 Å². The molecule has 0 saturated heterocycles. The number of hydrogen-bond donors (Lipinski definition) is 1. The summed E-state index contributed by atoms with van der Waals surface area (Å²) in [6.45, 7) is 4.02. The molecule has 2 aromatic rings. The Balaban J connectivity index is 1.62. The highest BCUT2D eigenvalue weighted by Crippen LogP contribution is 2.25. The number of furan rings is 1. The summed E-state index contributed by atoms with van der Waals surface area (Å²) in [5.74, 6) is 0.352. The lowest BCUT2D eigenvalue weighted by molar-refractivity contribution is 0.193. The number of amides is 2. The minimum Gasteiger partial charge on any atom is -0.459 e. The summed E-state index contributed by atoms with van der Waals surface area (Å²) in [5, 5.41) is 3.61. The van der Waals surface area contributed by atoms with E-state index in [1.165, 1.54) is 17.7 Å². The Morgan fingerprint density at radius 3 is 3.00 bits per heavy atom. The average Bonchev–Trinajstić information content (AvgIpc) is 2.89. The van der Waals surface area contributed by atoms with E-state index in [1.54, 1.807) is 18.1 Å². The molecule has 0 aliphatic carbocycles. The van der Waals surface area contributed by atoms with Crippen LogP contribution in [0.3, 0.4) is 0 Å². The minimum absolute atomic E-state index is 0.131. The fraction of sp³-hybridized carbons (Fsp3) is 0.389. The molecule has 0 unspecified atom stereocenters. The first kappa shape index (κ1) is 16.5. The van der Waals surface area contributed by atoms with Crippen LogP contribution in [-0.4, -0.2) is 37.7 Å². The smallest absolute Gasteiger partial charge is 0.318 e. The molecule has 0 saturated carbocycles. The van der Waals surface area contributed by atoms with Gasteiger partial charge in [0.05, 0.1) is 13.2 Å². The highest BCUT2D eigenvalue weighted by Gasteiger charge is 2.18. The van der Waals surface area contributed by atoms with Gasteiger partial charge in [-0.1, -0.05) is 6.08 Å². The normalized spacial score (nSPS) is 14.8. The van der Waals surface area contributed by atoms with Crippen molar-refractivity contribution in [2.24, 2.45) is 0 Å². The molecule has 1 aromatic heterocycles. The maximum atomic E-state index is 13.3. The van der Waals surface area contributed by atoms with Gasteiger partial charge in [-0.3, -0.25) is 0 Å². The van der Waals surface area contributed by atoms with Crippen molar-refractivity contribution in [3.05, 3.63) is 47.0 Å². The molecule has 1 aromatic carbocycles. The van der Waals surface area contributed by atoms with E-state index in [-0.39, 0.29) is 18.4 Å². The second-order valence-electron chi connectivity index (χ2n) is 5.94. The minimum atomic E-state index is -0.297. The SMILES string of the molecule is COCC1=CCN(C(=O)NCc2oc3ccc(F)cc3c2C)CC1. The zero-order valence-corrected chi connectivity index (χ0v) is 13.9. The van der Waals surface area contributed by atoms with Crippen LogP contribution in [0.4, 0.5) is 9.18 Å². The Bertz CT molecular complexity index is 782. The van der Waals surface area contributed by atoms with Gasteiger partial charge in [0.1, 0.15) is 17.2 Å². The summed E-state index contributed by atoms with van der Waals surface area (Å²) in [6.07, 6.45) is 2.85. The number of benzene rings is 1. The molecular weight excluding hydrogens is 311 g/mol. The van der Waals surface area contributed by atoms with Crippen LogP contribution in [0.15, 0.2) is 34.3 Å². The number of methoxy groups -OCH3 is 1. The summed E-state index contributed by atoms with van der Waals surface area (Å²) < 4.78 is 24.2. The van der Waals surface area contributed by atoms with Gasteiger partial charge in [-0.15, -0.1) is 0 Å². The molecule has 1 aliphatic rings. The number of halogens is 1. The summed E-state index contributed by atoms with van der Waals surface area (Å²) in [5.41, 5.74) is 2.70. The van der Waals surface area contributed by atoms with Gasteiger partial charge in [0.15, 0.2) is 0 Å². The summed E-state index contributed by atoms with van der Waals surface area (Å²) in [7, 11) is 1.67. The Kier molecular flexibility index (Phi) is 4.85. The van der Waals surface area contributed by atoms with Crippen molar-refractivity contribution in [3.63, 3.8) is 0 Å². The largest absolute Gasteiger partial charge is 0.459 e. The highest BCUT2D eigenvalue weighted by molar-refractivity contribution is 5.82. The van der Waals surface area contributed by atoms with E-state index in [0.717, 1.165) is 17.4 Å². The van der Waals surface area contributed by atoms with Crippen molar-refractivity contribution >= 4 is 17.0 Å². The van der Waals surface area contributed by atoms with Crippen molar-refractivity contribution < 1.29 is 18.3 Å². The molecule has 6 heteroatoms. The van der Waals surface area contributed by atoms with Crippen LogP contribution < -0.4 is 5.32 Å². The maximum absolute atomic E-state index is 13.3. The molecule has 1 N–H and O–H groups in total. The van der Waals surface area contributed by atoms with Crippen LogP contribution in [0.5, 0.6) is 0 Å². The van der Waals surface area contributed by atoms with E-state index >= 15 is 0 Å². The molecule has 2 heterocycles. The van der Waals surface area contributed by atoms with E-state index in [9.17, 15) is 9.18 Å². The highest BCUT2D eigenvalue weighted by atomic mass is 19.1. The van der Waals surface area contributed by atoms with Crippen LogP contribution >= 0.6 is 0 Å². The average molecular weight is 332 g/mol. The number of fused-ring (bicyclic) bond motifs is 1. The summed E-state index contributed by atoms with van der Waals surface area (Å²) in [4.78, 5) is 14.0. The van der Waals surface area contributed by atoms with E-state index in [0.29, 0.717) is 31.0 Å². The van der Waals surface area contributed by atoms with Gasteiger partial charge in [-0.25, -0.2) is 9.18 Å². The van der Waals surface area contributed by atoms with Crippen molar-refractivity contribution in [3.8, 4) is 0 Å². The first-order chi connectivity index (χ1) is 11.6. The fourth-order valence-corrected chi connectivity index (χ4v) is 2.89. The molecule has 0 radical (unpaired) electrons. The Morgan fingerprint density at radius 2 is 2.29 bits per heavy atom. The van der Waals surface area contributed by atoms with E-state index in [2.05, 4.69) is 5.32 Å². The van der Waals surface area contributed by atoms with E-state index in [4.69, 9.17) is 9.15 Å². The molecule has 3 rings (SSSR count). The predicted octanol–water partition coefficient (Wildman–Crippen LogP) is 3.37. The first-order valence-corrected chi connectivity index (χ1v) is 7.95. The third-order valence-corrected chi connectivity index (χ3v) is 4.32. The van der Waals surface area contributed by atoms with Crippen LogP contribution in [0.2, 0.25) is 0 Å². The van der Waals surface area contributed by atoms with Gasteiger partial charge in [0.25, 0.3) is 0 Å². The topological polar surface area (TPSA) is 54.7 Å². The van der Waals surface area contributed by atoms with Gasteiger partial charge in [0, 0.05) is 31.1 Å². The predicted molar refractivity (Wildman–Crippen MR) is 89.3 cm³/mol. The Morgan fingerprint density at radius 1 is 1.46 bits per heavy atom. The third-order valence-electron chi connectivity index (χ3n) is 4.32. The second-order valence-corrected chi connectivity index (χ2v) is 5.94. The Labute approximate surface area is 140 Å². The van der Waals surface area contributed by atoms with Crippen LogP contribution in [-0.2, 0) is 11.3 Å². The maximum Gasteiger partial charge on any atom is 0.318 e. The number of nitrogens with one attached hydrogen (secondary N) is 1. The lowest BCUT2D eigenvalue weighted by atomic mass is 10.1. The number of aryl methyl sites for hydroxylation is 1.